The van der Waals surface area contributed by atoms with Crippen molar-refractivity contribution in [2.75, 3.05) is 0 Å². The van der Waals surface area contributed by atoms with Gasteiger partial charge in [0.05, 0.1) is 5.56 Å². The Kier molecular flexibility index (Phi) is 8.01. The maximum Gasteiger partial charge on any atom is 0.338 e. The zero-order chi connectivity index (χ0) is 27.1. The number of fused-ring (bicyclic) bond motifs is 5. The van der Waals surface area contributed by atoms with Gasteiger partial charge in [-0.25, -0.2) is 4.79 Å². The molecule has 0 spiro atoms. The first-order valence-electron chi connectivity index (χ1n) is 15.8. The van der Waals surface area contributed by atoms with E-state index < -0.39 is 0 Å². The molecule has 4 aliphatic carbocycles. The van der Waals surface area contributed by atoms with Crippen molar-refractivity contribution in [2.45, 2.75) is 111 Å². The lowest BCUT2D eigenvalue weighted by molar-refractivity contribution is -0.0594. The van der Waals surface area contributed by atoms with Crippen molar-refractivity contribution in [3.63, 3.8) is 0 Å². The Balaban J connectivity index is 1.24. The molecule has 0 radical (unpaired) electrons. The van der Waals surface area contributed by atoms with Crippen molar-refractivity contribution in [2.24, 2.45) is 46.3 Å². The van der Waals surface area contributed by atoms with E-state index in [9.17, 15) is 4.79 Å². The van der Waals surface area contributed by atoms with Gasteiger partial charge >= 0.3 is 5.97 Å². The molecule has 2 nitrogen and oxygen atoms in total. The average Bonchev–Trinajstić information content (AvgIpc) is 3.26. The molecule has 208 valence electrons. The number of esters is 1. The Morgan fingerprint density at radius 3 is 2.50 bits per heavy atom. The van der Waals surface area contributed by atoms with Gasteiger partial charge in [-0.1, -0.05) is 90.3 Å². The molecule has 0 aliphatic heterocycles. The summed E-state index contributed by atoms with van der Waals surface area (Å²) in [6.07, 6.45) is 18.6. The molecule has 0 amide bonds. The second kappa shape index (κ2) is 11.0. The molecule has 3 fully saturated rings. The predicted molar refractivity (Wildman–Crippen MR) is 159 cm³/mol. The highest BCUT2D eigenvalue weighted by atomic mass is 16.5. The SMILES string of the molecule is C=Cc1ccc(C(=O)O[C@H]2CC[C@@]3(C)C(=CC[C@H]4[C@@H]5CC[C@H]([C@H](C)CCCC(C)C)[C@@]5(C)CC[C@@H]43)C2)cc1. The number of carbonyl (C=O) groups is 1. The molecule has 3 saturated carbocycles. The minimum atomic E-state index is -0.184. The summed E-state index contributed by atoms with van der Waals surface area (Å²) in [4.78, 5) is 12.9. The van der Waals surface area contributed by atoms with Gasteiger partial charge in [0.2, 0.25) is 0 Å². The molecule has 0 heterocycles. The van der Waals surface area contributed by atoms with Crippen LogP contribution in [0.15, 0.2) is 42.5 Å². The number of rotatable bonds is 8. The van der Waals surface area contributed by atoms with E-state index in [-0.39, 0.29) is 12.1 Å². The molecule has 2 heteroatoms. The van der Waals surface area contributed by atoms with Crippen LogP contribution in [0.1, 0.15) is 121 Å². The zero-order valence-electron chi connectivity index (χ0n) is 24.8. The number of hydrogen-bond donors (Lipinski definition) is 0. The Morgan fingerprint density at radius 1 is 1.03 bits per heavy atom. The fourth-order valence-electron chi connectivity index (χ4n) is 9.73. The average molecular weight is 517 g/mol. The molecule has 8 atom stereocenters. The Morgan fingerprint density at radius 2 is 1.79 bits per heavy atom. The van der Waals surface area contributed by atoms with Crippen molar-refractivity contribution in [3.8, 4) is 0 Å². The van der Waals surface area contributed by atoms with Gasteiger partial charge in [-0.2, -0.15) is 0 Å². The number of ether oxygens (including phenoxy) is 1. The van der Waals surface area contributed by atoms with Crippen LogP contribution in [-0.2, 0) is 4.74 Å². The molecule has 0 N–H and O–H groups in total. The van der Waals surface area contributed by atoms with Gasteiger partial charge in [-0.3, -0.25) is 0 Å². The molecular formula is C36H52O2. The second-order valence-electron chi connectivity index (χ2n) is 14.4. The number of allylic oxidation sites excluding steroid dienone is 1. The van der Waals surface area contributed by atoms with E-state index in [0.29, 0.717) is 16.4 Å². The molecule has 0 bridgehead atoms. The highest BCUT2D eigenvalue weighted by molar-refractivity contribution is 5.89. The van der Waals surface area contributed by atoms with Crippen LogP contribution in [0.5, 0.6) is 0 Å². The van der Waals surface area contributed by atoms with Crippen LogP contribution in [0.4, 0.5) is 0 Å². The van der Waals surface area contributed by atoms with Gasteiger partial charge in [-0.15, -0.1) is 0 Å². The van der Waals surface area contributed by atoms with Crippen LogP contribution in [0.2, 0.25) is 0 Å². The van der Waals surface area contributed by atoms with E-state index in [1.807, 2.05) is 24.3 Å². The van der Waals surface area contributed by atoms with Crippen LogP contribution in [-0.4, -0.2) is 12.1 Å². The van der Waals surface area contributed by atoms with E-state index >= 15 is 0 Å². The Labute approximate surface area is 232 Å². The molecule has 1 aromatic carbocycles. The third-order valence-electron chi connectivity index (χ3n) is 11.9. The minimum absolute atomic E-state index is 0.00821. The molecule has 5 rings (SSSR count). The Hall–Kier alpha value is -1.83. The lowest BCUT2D eigenvalue weighted by Crippen LogP contribution is -2.51. The van der Waals surface area contributed by atoms with Gasteiger partial charge in [0.25, 0.3) is 0 Å². The van der Waals surface area contributed by atoms with Gasteiger partial charge < -0.3 is 4.74 Å². The molecular weight excluding hydrogens is 464 g/mol. The topological polar surface area (TPSA) is 26.3 Å². The van der Waals surface area contributed by atoms with E-state index in [0.717, 1.165) is 60.3 Å². The Bertz CT molecular complexity index is 1030. The molecule has 38 heavy (non-hydrogen) atoms. The quantitative estimate of drug-likeness (QED) is 0.254. The lowest BCUT2D eigenvalue weighted by Gasteiger charge is -2.58. The fourth-order valence-corrected chi connectivity index (χ4v) is 9.73. The summed E-state index contributed by atoms with van der Waals surface area (Å²) in [6, 6.07) is 7.58. The first-order chi connectivity index (χ1) is 18.2. The highest BCUT2D eigenvalue weighted by Gasteiger charge is 2.59. The van der Waals surface area contributed by atoms with E-state index in [1.165, 1.54) is 51.4 Å². The summed E-state index contributed by atoms with van der Waals surface area (Å²) in [6.45, 7) is 16.3. The molecule has 0 unspecified atom stereocenters. The van der Waals surface area contributed by atoms with E-state index in [4.69, 9.17) is 4.74 Å². The van der Waals surface area contributed by atoms with Crippen LogP contribution in [0, 0.1) is 46.3 Å². The number of hydrogen-bond acceptors (Lipinski definition) is 2. The van der Waals surface area contributed by atoms with E-state index in [1.54, 1.807) is 11.6 Å². The van der Waals surface area contributed by atoms with Crippen molar-refractivity contribution >= 4 is 12.0 Å². The monoisotopic (exact) mass is 516 g/mol. The van der Waals surface area contributed by atoms with Gasteiger partial charge in [0.15, 0.2) is 0 Å². The lowest BCUT2D eigenvalue weighted by atomic mass is 9.47. The first kappa shape index (κ1) is 27.7. The summed E-state index contributed by atoms with van der Waals surface area (Å²) in [7, 11) is 0. The third-order valence-corrected chi connectivity index (χ3v) is 11.9. The van der Waals surface area contributed by atoms with Gasteiger partial charge in [0.1, 0.15) is 6.10 Å². The second-order valence-corrected chi connectivity index (χ2v) is 14.4. The predicted octanol–water partition coefficient (Wildman–Crippen LogP) is 9.90. The van der Waals surface area contributed by atoms with Crippen molar-refractivity contribution in [3.05, 3.63) is 53.6 Å². The van der Waals surface area contributed by atoms with Gasteiger partial charge in [-0.05, 0) is 109 Å². The standard InChI is InChI=1S/C36H52O2/c1-7-26-11-13-27(14-12-26)34(37)38-29-19-21-35(5)28(23-29)15-16-30-32-18-17-31(25(4)10-8-9-24(2)3)36(32,6)22-20-33(30)35/h7,11-15,24-25,29-33H,1,8-10,16-23H2,2-6H3/t25-,29+,30+,31-,32+,33+,35+,36-/m1/s1. The minimum Gasteiger partial charge on any atom is -0.458 e. The zero-order valence-corrected chi connectivity index (χ0v) is 24.8. The smallest absolute Gasteiger partial charge is 0.338 e. The van der Waals surface area contributed by atoms with Crippen LogP contribution in [0.25, 0.3) is 6.08 Å². The van der Waals surface area contributed by atoms with Crippen LogP contribution < -0.4 is 0 Å². The third kappa shape index (κ3) is 5.06. The molecule has 0 saturated heterocycles. The summed E-state index contributed by atoms with van der Waals surface area (Å²) in [5.41, 5.74) is 4.08. The number of benzene rings is 1. The molecule has 1 aromatic rings. The summed E-state index contributed by atoms with van der Waals surface area (Å²) in [5, 5.41) is 0. The largest absolute Gasteiger partial charge is 0.458 e. The van der Waals surface area contributed by atoms with Crippen LogP contribution >= 0.6 is 0 Å². The summed E-state index contributed by atoms with van der Waals surface area (Å²) < 4.78 is 6.05. The van der Waals surface area contributed by atoms with Gasteiger partial charge in [0, 0.05) is 6.42 Å². The highest BCUT2D eigenvalue weighted by Crippen LogP contribution is 2.67. The normalized spacial score (nSPS) is 37.0. The first-order valence-corrected chi connectivity index (χ1v) is 15.8. The van der Waals surface area contributed by atoms with Crippen molar-refractivity contribution in [1.82, 2.24) is 0 Å². The molecule has 4 aliphatic rings. The van der Waals surface area contributed by atoms with Crippen molar-refractivity contribution < 1.29 is 9.53 Å². The maximum absolute atomic E-state index is 12.9. The van der Waals surface area contributed by atoms with E-state index in [2.05, 4.69) is 47.3 Å². The van der Waals surface area contributed by atoms with Crippen LogP contribution in [0.3, 0.4) is 0 Å². The maximum atomic E-state index is 12.9. The van der Waals surface area contributed by atoms with Crippen molar-refractivity contribution in [1.29, 1.82) is 0 Å². The fraction of sp³-hybridized carbons (Fsp3) is 0.694. The summed E-state index contributed by atoms with van der Waals surface area (Å²) in [5.74, 6) is 4.96. The summed E-state index contributed by atoms with van der Waals surface area (Å²) >= 11 is 0. The number of carbonyl (C=O) groups excluding carboxylic acids is 1. The molecule has 0 aromatic heterocycles.